The number of carbonyl (C=O) groups excluding carboxylic acids is 2. The molecular formula is C26H33ClN4O2. The summed E-state index contributed by atoms with van der Waals surface area (Å²) in [6, 6.07) is 15.4. The van der Waals surface area contributed by atoms with E-state index in [-0.39, 0.29) is 23.9 Å². The molecule has 0 atom stereocenters. The predicted molar refractivity (Wildman–Crippen MR) is 133 cm³/mol. The van der Waals surface area contributed by atoms with Crippen LogP contribution in [0.1, 0.15) is 46.4 Å². The summed E-state index contributed by atoms with van der Waals surface area (Å²) in [6.07, 6.45) is 3.67. The van der Waals surface area contributed by atoms with Crippen molar-refractivity contribution in [2.45, 2.75) is 37.8 Å². The van der Waals surface area contributed by atoms with Crippen molar-refractivity contribution in [3.63, 3.8) is 0 Å². The first kappa shape index (κ1) is 23.6. The third-order valence-corrected chi connectivity index (χ3v) is 7.31. The fourth-order valence-electron chi connectivity index (χ4n) is 4.84. The van der Waals surface area contributed by atoms with Gasteiger partial charge < -0.3 is 20.0 Å². The second-order valence-electron chi connectivity index (χ2n) is 9.18. The van der Waals surface area contributed by atoms with Crippen LogP contribution in [0.4, 0.5) is 5.69 Å². The summed E-state index contributed by atoms with van der Waals surface area (Å²) in [5, 5.41) is 3.59. The van der Waals surface area contributed by atoms with Crippen LogP contribution in [0.15, 0.2) is 48.5 Å². The van der Waals surface area contributed by atoms with Crippen molar-refractivity contribution in [1.82, 2.24) is 15.1 Å². The molecular weight excluding hydrogens is 436 g/mol. The van der Waals surface area contributed by atoms with E-state index < -0.39 is 0 Å². The van der Waals surface area contributed by atoms with Gasteiger partial charge in [0.05, 0.1) is 16.1 Å². The molecule has 0 spiro atoms. The number of hydrogen-bond donors (Lipinski definition) is 1. The number of likely N-dealkylation sites (tertiary alicyclic amines) is 1. The Hall–Kier alpha value is -2.57. The van der Waals surface area contributed by atoms with Crippen molar-refractivity contribution >= 4 is 29.1 Å². The highest BCUT2D eigenvalue weighted by Crippen LogP contribution is 2.27. The molecule has 0 unspecified atom stereocenters. The van der Waals surface area contributed by atoms with Gasteiger partial charge in [0.25, 0.3) is 11.8 Å². The number of rotatable bonds is 5. The third-order valence-electron chi connectivity index (χ3n) is 6.98. The van der Waals surface area contributed by atoms with Gasteiger partial charge in [-0.3, -0.25) is 9.59 Å². The lowest BCUT2D eigenvalue weighted by atomic mass is 10.0. The minimum absolute atomic E-state index is 0.0919. The van der Waals surface area contributed by atoms with Crippen LogP contribution in [-0.4, -0.2) is 74.0 Å². The molecule has 2 aliphatic heterocycles. The minimum Gasteiger partial charge on any atom is -0.371 e. The summed E-state index contributed by atoms with van der Waals surface area (Å²) >= 11 is 6.17. The van der Waals surface area contributed by atoms with E-state index in [4.69, 9.17) is 11.6 Å². The SMILES string of the molecule is CN1CCC(N(C)C(=O)c2ccccc2N2CCC(NC(=O)c3ccccc3Cl)CC2)CC1. The lowest BCUT2D eigenvalue weighted by molar-refractivity contribution is 0.0660. The maximum atomic E-state index is 13.4. The zero-order valence-electron chi connectivity index (χ0n) is 19.5. The summed E-state index contributed by atoms with van der Waals surface area (Å²) < 4.78 is 0. The van der Waals surface area contributed by atoms with Gasteiger partial charge in [0, 0.05) is 37.9 Å². The molecule has 4 rings (SSSR count). The van der Waals surface area contributed by atoms with Gasteiger partial charge in [0.1, 0.15) is 0 Å². The number of benzene rings is 2. The van der Waals surface area contributed by atoms with E-state index in [1.165, 1.54) is 0 Å². The number of hydrogen-bond acceptors (Lipinski definition) is 4. The lowest BCUT2D eigenvalue weighted by Gasteiger charge is -2.37. The second kappa shape index (κ2) is 10.6. The van der Waals surface area contributed by atoms with Crippen molar-refractivity contribution in [2.75, 3.05) is 45.2 Å². The van der Waals surface area contributed by atoms with Gasteiger partial charge >= 0.3 is 0 Å². The molecule has 7 heteroatoms. The fraction of sp³-hybridized carbons (Fsp3) is 0.462. The van der Waals surface area contributed by atoms with Gasteiger partial charge in [-0.15, -0.1) is 0 Å². The first-order valence-corrected chi connectivity index (χ1v) is 12.2. The molecule has 2 aromatic rings. The molecule has 2 aromatic carbocycles. The Morgan fingerprint density at radius 3 is 2.18 bits per heavy atom. The fourth-order valence-corrected chi connectivity index (χ4v) is 5.06. The monoisotopic (exact) mass is 468 g/mol. The molecule has 2 heterocycles. The van der Waals surface area contributed by atoms with Gasteiger partial charge in [-0.05, 0) is 70.1 Å². The molecule has 0 aromatic heterocycles. The largest absolute Gasteiger partial charge is 0.371 e. The molecule has 2 amide bonds. The summed E-state index contributed by atoms with van der Waals surface area (Å²) in [6.45, 7) is 3.63. The second-order valence-corrected chi connectivity index (χ2v) is 9.59. The van der Waals surface area contributed by atoms with Crippen LogP contribution in [-0.2, 0) is 0 Å². The average molecular weight is 469 g/mol. The zero-order valence-corrected chi connectivity index (χ0v) is 20.2. The van der Waals surface area contributed by atoms with Crippen molar-refractivity contribution in [3.05, 3.63) is 64.7 Å². The normalized spacial score (nSPS) is 18.2. The van der Waals surface area contributed by atoms with Gasteiger partial charge in [-0.25, -0.2) is 0 Å². The van der Waals surface area contributed by atoms with Crippen LogP contribution >= 0.6 is 11.6 Å². The van der Waals surface area contributed by atoms with Crippen LogP contribution in [0.2, 0.25) is 5.02 Å². The van der Waals surface area contributed by atoms with Crippen LogP contribution in [0.5, 0.6) is 0 Å². The summed E-state index contributed by atoms with van der Waals surface area (Å²) in [4.78, 5) is 32.5. The van der Waals surface area contributed by atoms with Crippen molar-refractivity contribution < 1.29 is 9.59 Å². The number of nitrogens with one attached hydrogen (secondary N) is 1. The van der Waals surface area contributed by atoms with E-state index in [2.05, 4.69) is 22.2 Å². The third kappa shape index (κ3) is 5.50. The van der Waals surface area contributed by atoms with Crippen LogP contribution in [0.3, 0.4) is 0 Å². The van der Waals surface area contributed by atoms with Gasteiger partial charge in [0.2, 0.25) is 0 Å². The molecule has 6 nitrogen and oxygen atoms in total. The molecule has 0 radical (unpaired) electrons. The van der Waals surface area contributed by atoms with Crippen molar-refractivity contribution in [2.24, 2.45) is 0 Å². The van der Waals surface area contributed by atoms with E-state index in [9.17, 15) is 9.59 Å². The number of amides is 2. The average Bonchev–Trinajstić information content (AvgIpc) is 2.84. The van der Waals surface area contributed by atoms with Crippen LogP contribution in [0, 0.1) is 0 Å². The number of carbonyl (C=O) groups is 2. The van der Waals surface area contributed by atoms with E-state index in [0.29, 0.717) is 10.6 Å². The van der Waals surface area contributed by atoms with E-state index >= 15 is 0 Å². The number of anilines is 1. The Morgan fingerprint density at radius 1 is 0.909 bits per heavy atom. The highest BCUT2D eigenvalue weighted by Gasteiger charge is 2.28. The number of halogens is 1. The van der Waals surface area contributed by atoms with E-state index in [0.717, 1.165) is 63.1 Å². The van der Waals surface area contributed by atoms with Gasteiger partial charge in [-0.1, -0.05) is 35.9 Å². The van der Waals surface area contributed by atoms with E-state index in [1.807, 2.05) is 48.3 Å². The predicted octanol–water partition coefficient (Wildman–Crippen LogP) is 3.91. The topological polar surface area (TPSA) is 55.9 Å². The Kier molecular flexibility index (Phi) is 7.56. The number of nitrogens with zero attached hydrogens (tertiary/aromatic N) is 3. The van der Waals surface area contributed by atoms with Crippen molar-refractivity contribution in [3.8, 4) is 0 Å². The number of para-hydroxylation sites is 1. The molecule has 0 saturated carbocycles. The minimum atomic E-state index is -0.130. The summed E-state index contributed by atoms with van der Waals surface area (Å²) in [7, 11) is 4.07. The Labute approximate surface area is 201 Å². The first-order valence-electron chi connectivity index (χ1n) is 11.8. The molecule has 176 valence electrons. The highest BCUT2D eigenvalue weighted by atomic mass is 35.5. The maximum absolute atomic E-state index is 13.4. The quantitative estimate of drug-likeness (QED) is 0.723. The molecule has 33 heavy (non-hydrogen) atoms. The molecule has 1 N–H and O–H groups in total. The highest BCUT2D eigenvalue weighted by molar-refractivity contribution is 6.33. The molecule has 2 saturated heterocycles. The van der Waals surface area contributed by atoms with Gasteiger partial charge in [0.15, 0.2) is 0 Å². The first-order chi connectivity index (χ1) is 15.9. The number of piperidine rings is 2. The Morgan fingerprint density at radius 2 is 1.52 bits per heavy atom. The lowest BCUT2D eigenvalue weighted by Crippen LogP contribution is -2.46. The Bertz CT molecular complexity index is 982. The van der Waals surface area contributed by atoms with Crippen LogP contribution in [0.25, 0.3) is 0 Å². The van der Waals surface area contributed by atoms with Gasteiger partial charge in [-0.2, -0.15) is 0 Å². The zero-order chi connectivity index (χ0) is 23.4. The Balaban J connectivity index is 1.38. The van der Waals surface area contributed by atoms with Crippen molar-refractivity contribution in [1.29, 1.82) is 0 Å². The molecule has 0 bridgehead atoms. The molecule has 2 fully saturated rings. The molecule has 0 aliphatic carbocycles. The summed E-state index contributed by atoms with van der Waals surface area (Å²) in [5.74, 6) is -0.0383. The smallest absolute Gasteiger partial charge is 0.255 e. The van der Waals surface area contributed by atoms with Crippen LogP contribution < -0.4 is 10.2 Å². The molecule has 2 aliphatic rings. The standard InChI is InChI=1S/C26H33ClN4O2/c1-29-15-13-20(14-16-29)30(2)26(33)22-8-4-6-10-24(22)31-17-11-19(12-18-31)28-25(32)21-7-3-5-9-23(21)27/h3-10,19-20H,11-18H2,1-2H3,(H,28,32). The maximum Gasteiger partial charge on any atom is 0.255 e. The van der Waals surface area contributed by atoms with E-state index in [1.54, 1.807) is 12.1 Å². The summed E-state index contributed by atoms with van der Waals surface area (Å²) in [5.41, 5.74) is 2.25.